The Morgan fingerprint density at radius 3 is 2.89 bits per heavy atom. The number of benzene rings is 1. The number of thiazole rings is 1. The maximum absolute atomic E-state index is 13.7. The average Bonchev–Trinajstić information content (AvgIpc) is 2.77. The quantitative estimate of drug-likeness (QED) is 0.908. The largest absolute Gasteiger partial charge is 0.328 e. The molecule has 0 saturated heterocycles. The fraction of sp³-hybridized carbons (Fsp3) is 0.308. The Bertz CT molecular complexity index is 578. The molecule has 2 aromatic rings. The van der Waals surface area contributed by atoms with Gasteiger partial charge in [-0.1, -0.05) is 15.9 Å². The van der Waals surface area contributed by atoms with Crippen molar-refractivity contribution in [3.63, 3.8) is 0 Å². The molecular weight excluding hydrogens is 315 g/mol. The number of nitrogens with two attached hydrogens (primary N) is 1. The van der Waals surface area contributed by atoms with E-state index in [9.17, 15) is 4.39 Å². The van der Waals surface area contributed by atoms with E-state index in [0.717, 1.165) is 28.0 Å². The monoisotopic (exact) mass is 326 g/mol. The number of aromatic nitrogens is 1. The Labute approximate surface area is 117 Å². The molecular formula is C13H12BrFN2S. The number of rotatable bonds is 2. The van der Waals surface area contributed by atoms with Crippen LogP contribution in [0.5, 0.6) is 0 Å². The normalized spacial score (nSPS) is 22.8. The van der Waals surface area contributed by atoms with Gasteiger partial charge in [0.25, 0.3) is 0 Å². The van der Waals surface area contributed by atoms with E-state index < -0.39 is 0 Å². The van der Waals surface area contributed by atoms with Crippen LogP contribution in [0.3, 0.4) is 0 Å². The predicted octanol–water partition coefficient (Wildman–Crippen LogP) is 3.92. The predicted molar refractivity (Wildman–Crippen MR) is 75.2 cm³/mol. The standard InChI is InChI=1S/C13H12BrFN2S/c14-8-1-2-11(15)10(5-8)13-17-12(6-18-13)7-3-9(16)4-7/h1-2,5-7,9H,3-4,16H2. The third kappa shape index (κ3) is 2.22. The first-order valence-corrected chi connectivity index (χ1v) is 7.47. The average molecular weight is 327 g/mol. The van der Waals surface area contributed by atoms with Crippen LogP contribution < -0.4 is 5.73 Å². The minimum Gasteiger partial charge on any atom is -0.328 e. The summed E-state index contributed by atoms with van der Waals surface area (Å²) < 4.78 is 14.6. The summed E-state index contributed by atoms with van der Waals surface area (Å²) in [6.07, 6.45) is 1.98. The van der Waals surface area contributed by atoms with Gasteiger partial charge in [-0.05, 0) is 31.0 Å². The minimum absolute atomic E-state index is 0.232. The summed E-state index contributed by atoms with van der Waals surface area (Å²) in [7, 11) is 0. The van der Waals surface area contributed by atoms with Gasteiger partial charge in [0.05, 0.1) is 5.69 Å². The molecule has 1 aliphatic rings. The smallest absolute Gasteiger partial charge is 0.133 e. The first-order valence-electron chi connectivity index (χ1n) is 5.80. The number of hydrogen-bond donors (Lipinski definition) is 1. The molecule has 18 heavy (non-hydrogen) atoms. The molecule has 0 spiro atoms. The van der Waals surface area contributed by atoms with Gasteiger partial charge in [0, 0.05) is 27.4 Å². The lowest BCUT2D eigenvalue weighted by Crippen LogP contribution is -2.34. The summed E-state index contributed by atoms with van der Waals surface area (Å²) in [6.45, 7) is 0. The van der Waals surface area contributed by atoms with Gasteiger partial charge in [-0.2, -0.15) is 0 Å². The molecule has 3 rings (SSSR count). The van der Waals surface area contributed by atoms with Crippen LogP contribution in [0.2, 0.25) is 0 Å². The molecule has 1 aromatic heterocycles. The van der Waals surface area contributed by atoms with Crippen molar-refractivity contribution in [2.45, 2.75) is 24.8 Å². The molecule has 1 fully saturated rings. The van der Waals surface area contributed by atoms with E-state index in [0.29, 0.717) is 17.5 Å². The van der Waals surface area contributed by atoms with Crippen molar-refractivity contribution in [3.8, 4) is 10.6 Å². The molecule has 1 aromatic carbocycles. The lowest BCUT2D eigenvalue weighted by molar-refractivity contribution is 0.346. The molecule has 0 bridgehead atoms. The van der Waals surface area contributed by atoms with Crippen LogP contribution in [-0.4, -0.2) is 11.0 Å². The Morgan fingerprint density at radius 2 is 2.17 bits per heavy atom. The van der Waals surface area contributed by atoms with Crippen LogP contribution in [0.15, 0.2) is 28.1 Å². The summed E-state index contributed by atoms with van der Waals surface area (Å²) in [6, 6.07) is 5.23. The van der Waals surface area contributed by atoms with Crippen molar-refractivity contribution < 1.29 is 4.39 Å². The molecule has 0 unspecified atom stereocenters. The second-order valence-corrected chi connectivity index (χ2v) is 6.40. The topological polar surface area (TPSA) is 38.9 Å². The van der Waals surface area contributed by atoms with Gasteiger partial charge in [-0.15, -0.1) is 11.3 Å². The number of nitrogens with zero attached hydrogens (tertiary/aromatic N) is 1. The van der Waals surface area contributed by atoms with E-state index in [4.69, 9.17) is 5.73 Å². The number of hydrogen-bond acceptors (Lipinski definition) is 3. The maximum atomic E-state index is 13.7. The van der Waals surface area contributed by atoms with Crippen molar-refractivity contribution in [1.82, 2.24) is 4.98 Å². The van der Waals surface area contributed by atoms with Gasteiger partial charge in [0.15, 0.2) is 0 Å². The first-order chi connectivity index (χ1) is 8.63. The lowest BCUT2D eigenvalue weighted by atomic mass is 9.79. The zero-order valence-corrected chi connectivity index (χ0v) is 12.0. The third-order valence-electron chi connectivity index (χ3n) is 3.27. The van der Waals surface area contributed by atoms with Crippen LogP contribution in [0.25, 0.3) is 10.6 Å². The van der Waals surface area contributed by atoms with E-state index in [1.165, 1.54) is 17.4 Å². The van der Waals surface area contributed by atoms with Crippen molar-refractivity contribution in [3.05, 3.63) is 39.6 Å². The van der Waals surface area contributed by atoms with E-state index >= 15 is 0 Å². The maximum Gasteiger partial charge on any atom is 0.133 e. The van der Waals surface area contributed by atoms with Crippen molar-refractivity contribution in [1.29, 1.82) is 0 Å². The van der Waals surface area contributed by atoms with Crippen LogP contribution in [0, 0.1) is 5.82 Å². The van der Waals surface area contributed by atoms with Gasteiger partial charge in [-0.3, -0.25) is 0 Å². The summed E-state index contributed by atoms with van der Waals surface area (Å²) in [5, 5.41) is 2.76. The highest BCUT2D eigenvalue weighted by molar-refractivity contribution is 9.10. The summed E-state index contributed by atoms with van der Waals surface area (Å²) >= 11 is 4.85. The fourth-order valence-electron chi connectivity index (χ4n) is 2.16. The van der Waals surface area contributed by atoms with Gasteiger partial charge in [0.2, 0.25) is 0 Å². The van der Waals surface area contributed by atoms with Gasteiger partial charge in [-0.25, -0.2) is 9.37 Å². The molecule has 1 heterocycles. The molecule has 5 heteroatoms. The third-order valence-corrected chi connectivity index (χ3v) is 4.66. The van der Waals surface area contributed by atoms with Crippen LogP contribution in [0.1, 0.15) is 24.5 Å². The van der Waals surface area contributed by atoms with E-state index in [2.05, 4.69) is 20.9 Å². The fourth-order valence-corrected chi connectivity index (χ4v) is 3.44. The summed E-state index contributed by atoms with van der Waals surface area (Å²) in [4.78, 5) is 4.54. The highest BCUT2D eigenvalue weighted by Gasteiger charge is 2.29. The van der Waals surface area contributed by atoms with E-state index in [-0.39, 0.29) is 5.82 Å². The van der Waals surface area contributed by atoms with Crippen molar-refractivity contribution in [2.24, 2.45) is 5.73 Å². The van der Waals surface area contributed by atoms with Crippen molar-refractivity contribution >= 4 is 27.3 Å². The molecule has 1 aliphatic carbocycles. The molecule has 94 valence electrons. The van der Waals surface area contributed by atoms with E-state index in [1.807, 2.05) is 5.38 Å². The van der Waals surface area contributed by atoms with Crippen LogP contribution in [0.4, 0.5) is 4.39 Å². The van der Waals surface area contributed by atoms with Gasteiger partial charge in [0.1, 0.15) is 10.8 Å². The summed E-state index contributed by atoms with van der Waals surface area (Å²) in [5.41, 5.74) is 7.39. The Balaban J connectivity index is 1.90. The molecule has 0 amide bonds. The Hall–Kier alpha value is -0.780. The zero-order chi connectivity index (χ0) is 12.7. The van der Waals surface area contributed by atoms with Gasteiger partial charge >= 0.3 is 0 Å². The molecule has 0 aliphatic heterocycles. The SMILES string of the molecule is NC1CC(c2csc(-c3cc(Br)ccc3F)n2)C1. The second-order valence-electron chi connectivity index (χ2n) is 4.63. The Morgan fingerprint density at radius 1 is 1.39 bits per heavy atom. The van der Waals surface area contributed by atoms with Crippen LogP contribution in [-0.2, 0) is 0 Å². The highest BCUT2D eigenvalue weighted by Crippen LogP contribution is 2.38. The second kappa shape index (κ2) is 4.72. The molecule has 0 radical (unpaired) electrons. The highest BCUT2D eigenvalue weighted by atomic mass is 79.9. The lowest BCUT2D eigenvalue weighted by Gasteiger charge is -2.30. The Kier molecular flexibility index (Phi) is 3.21. The van der Waals surface area contributed by atoms with Gasteiger partial charge < -0.3 is 5.73 Å². The first kappa shape index (κ1) is 12.3. The molecule has 1 saturated carbocycles. The molecule has 2 nitrogen and oxygen atoms in total. The summed E-state index contributed by atoms with van der Waals surface area (Å²) in [5.74, 6) is 0.227. The number of halogens is 2. The van der Waals surface area contributed by atoms with E-state index in [1.54, 1.807) is 12.1 Å². The molecule has 2 N–H and O–H groups in total. The minimum atomic E-state index is -0.232. The zero-order valence-electron chi connectivity index (χ0n) is 9.57. The van der Waals surface area contributed by atoms with Crippen molar-refractivity contribution in [2.75, 3.05) is 0 Å². The molecule has 0 atom stereocenters. The van der Waals surface area contributed by atoms with Crippen LogP contribution >= 0.6 is 27.3 Å².